The summed E-state index contributed by atoms with van der Waals surface area (Å²) in [4.78, 5) is 4.36. The Morgan fingerprint density at radius 2 is 2.25 bits per heavy atom. The summed E-state index contributed by atoms with van der Waals surface area (Å²) in [7, 11) is 0. The molecule has 1 heterocycles. The van der Waals surface area contributed by atoms with Crippen LogP contribution in [0.5, 0.6) is 0 Å². The molecule has 0 spiro atoms. The van der Waals surface area contributed by atoms with E-state index >= 15 is 0 Å². The molecule has 0 saturated carbocycles. The lowest BCUT2D eigenvalue weighted by Crippen LogP contribution is -1.89. The molecule has 0 unspecified atom stereocenters. The lowest BCUT2D eigenvalue weighted by molar-refractivity contribution is 0.727. The van der Waals surface area contributed by atoms with Crippen molar-refractivity contribution in [2.75, 3.05) is 6.54 Å². The van der Waals surface area contributed by atoms with E-state index in [9.17, 15) is 0 Å². The molecule has 0 saturated heterocycles. The van der Waals surface area contributed by atoms with E-state index in [1.807, 2.05) is 0 Å². The third-order valence-corrected chi connectivity index (χ3v) is 2.39. The molecule has 0 atom stereocenters. The van der Waals surface area contributed by atoms with Gasteiger partial charge in [0.15, 0.2) is 0 Å². The highest BCUT2D eigenvalue weighted by molar-refractivity contribution is 5.99. The minimum atomic E-state index is 1.02. The number of allylic oxidation sites excluding steroid dienone is 1. The lowest BCUT2D eigenvalue weighted by atomic mass is 10.1. The lowest BCUT2D eigenvalue weighted by Gasteiger charge is -1.97. The minimum Gasteiger partial charge on any atom is -0.289 e. The molecule has 1 rings (SSSR count). The van der Waals surface area contributed by atoms with Crippen LogP contribution in [0.1, 0.15) is 46.0 Å². The van der Waals surface area contributed by atoms with Crippen molar-refractivity contribution in [2.24, 2.45) is 4.99 Å². The van der Waals surface area contributed by atoms with Gasteiger partial charge in [0.1, 0.15) is 0 Å². The predicted octanol–water partition coefficient (Wildman–Crippen LogP) is 3.36. The van der Waals surface area contributed by atoms with Crippen LogP contribution in [0.3, 0.4) is 0 Å². The van der Waals surface area contributed by atoms with Crippen molar-refractivity contribution in [3.05, 3.63) is 11.6 Å². The van der Waals surface area contributed by atoms with Crippen molar-refractivity contribution >= 4 is 5.71 Å². The van der Waals surface area contributed by atoms with Gasteiger partial charge in [0.05, 0.1) is 0 Å². The van der Waals surface area contributed by atoms with Crippen LogP contribution in [0.15, 0.2) is 16.6 Å². The summed E-state index contributed by atoms with van der Waals surface area (Å²) in [5, 5.41) is 0. The maximum Gasteiger partial charge on any atom is 0.0433 e. The number of aliphatic imine (C=N–C) groups is 1. The molecule has 0 aromatic rings. The Labute approximate surface area is 75.6 Å². The fourth-order valence-corrected chi connectivity index (χ4v) is 1.55. The fourth-order valence-electron chi connectivity index (χ4n) is 1.55. The topological polar surface area (TPSA) is 12.4 Å². The molecule has 1 heteroatoms. The fraction of sp³-hybridized carbons (Fsp3) is 0.727. The molecule has 0 aromatic carbocycles. The average molecular weight is 165 g/mol. The SMILES string of the molecule is CCCCC/C=C1\CCN=C1C. The van der Waals surface area contributed by atoms with Gasteiger partial charge in [-0.15, -0.1) is 0 Å². The molecule has 0 N–H and O–H groups in total. The van der Waals surface area contributed by atoms with Gasteiger partial charge >= 0.3 is 0 Å². The van der Waals surface area contributed by atoms with E-state index in [-0.39, 0.29) is 0 Å². The van der Waals surface area contributed by atoms with E-state index in [1.165, 1.54) is 43.4 Å². The van der Waals surface area contributed by atoms with Gasteiger partial charge in [0, 0.05) is 12.3 Å². The molecule has 0 aliphatic carbocycles. The van der Waals surface area contributed by atoms with Crippen molar-refractivity contribution in [1.29, 1.82) is 0 Å². The second kappa shape index (κ2) is 5.13. The van der Waals surface area contributed by atoms with Gasteiger partial charge in [-0.2, -0.15) is 0 Å². The second-order valence-corrected chi connectivity index (χ2v) is 3.44. The van der Waals surface area contributed by atoms with Crippen molar-refractivity contribution in [3.8, 4) is 0 Å². The molecule has 0 radical (unpaired) electrons. The third kappa shape index (κ3) is 2.80. The number of hydrogen-bond acceptors (Lipinski definition) is 1. The molecule has 1 nitrogen and oxygen atoms in total. The maximum absolute atomic E-state index is 4.36. The van der Waals surface area contributed by atoms with E-state index in [2.05, 4.69) is 24.9 Å². The summed E-state index contributed by atoms with van der Waals surface area (Å²) in [6, 6.07) is 0. The normalized spacial score (nSPS) is 20.2. The zero-order valence-corrected chi connectivity index (χ0v) is 8.27. The third-order valence-electron chi connectivity index (χ3n) is 2.39. The van der Waals surface area contributed by atoms with E-state index in [1.54, 1.807) is 0 Å². The van der Waals surface area contributed by atoms with Crippen molar-refractivity contribution in [3.63, 3.8) is 0 Å². The largest absolute Gasteiger partial charge is 0.289 e. The maximum atomic E-state index is 4.36. The Hall–Kier alpha value is -0.590. The summed E-state index contributed by atoms with van der Waals surface area (Å²) in [5.74, 6) is 0. The van der Waals surface area contributed by atoms with E-state index in [4.69, 9.17) is 0 Å². The Bertz CT molecular complexity index is 189. The van der Waals surface area contributed by atoms with Crippen LogP contribution >= 0.6 is 0 Å². The molecule has 0 bridgehead atoms. The van der Waals surface area contributed by atoms with Crippen LogP contribution in [0.2, 0.25) is 0 Å². The standard InChI is InChI=1S/C11H19N/c1-3-4-5-6-7-11-8-9-12-10(11)2/h7H,3-6,8-9H2,1-2H3/b11-7+. The van der Waals surface area contributed by atoms with Crippen LogP contribution in [0.25, 0.3) is 0 Å². The first-order valence-corrected chi connectivity index (χ1v) is 5.05. The van der Waals surface area contributed by atoms with Gasteiger partial charge in [-0.05, 0) is 31.8 Å². The summed E-state index contributed by atoms with van der Waals surface area (Å²) in [6.07, 6.45) is 8.82. The molecule has 0 amide bonds. The number of rotatable bonds is 4. The zero-order chi connectivity index (χ0) is 8.81. The van der Waals surface area contributed by atoms with Gasteiger partial charge in [-0.1, -0.05) is 25.8 Å². The molecular weight excluding hydrogens is 146 g/mol. The molecule has 0 aromatic heterocycles. The smallest absolute Gasteiger partial charge is 0.0433 e. The Balaban J connectivity index is 2.23. The second-order valence-electron chi connectivity index (χ2n) is 3.44. The molecular formula is C11H19N. The zero-order valence-electron chi connectivity index (χ0n) is 8.27. The molecule has 12 heavy (non-hydrogen) atoms. The van der Waals surface area contributed by atoms with E-state index in [0.717, 1.165) is 6.54 Å². The first-order chi connectivity index (χ1) is 5.84. The van der Waals surface area contributed by atoms with Crippen LogP contribution in [0.4, 0.5) is 0 Å². The summed E-state index contributed by atoms with van der Waals surface area (Å²) >= 11 is 0. The highest BCUT2D eigenvalue weighted by atomic mass is 14.8. The van der Waals surface area contributed by atoms with Gasteiger partial charge < -0.3 is 0 Å². The number of nitrogens with zero attached hydrogens (tertiary/aromatic N) is 1. The van der Waals surface area contributed by atoms with Gasteiger partial charge in [-0.25, -0.2) is 0 Å². The van der Waals surface area contributed by atoms with Gasteiger partial charge in [0.2, 0.25) is 0 Å². The van der Waals surface area contributed by atoms with E-state index < -0.39 is 0 Å². The van der Waals surface area contributed by atoms with Crippen molar-refractivity contribution in [2.45, 2.75) is 46.0 Å². The van der Waals surface area contributed by atoms with Gasteiger partial charge in [-0.3, -0.25) is 4.99 Å². The first kappa shape index (κ1) is 9.50. The van der Waals surface area contributed by atoms with Crippen LogP contribution in [-0.4, -0.2) is 12.3 Å². The molecule has 1 aliphatic rings. The van der Waals surface area contributed by atoms with Crippen LogP contribution in [-0.2, 0) is 0 Å². The molecule has 0 fully saturated rings. The highest BCUT2D eigenvalue weighted by Crippen LogP contribution is 2.14. The number of unbranched alkanes of at least 4 members (excludes halogenated alkanes) is 3. The quantitative estimate of drug-likeness (QED) is 0.566. The highest BCUT2D eigenvalue weighted by Gasteiger charge is 2.06. The summed E-state index contributed by atoms with van der Waals surface area (Å²) < 4.78 is 0. The Morgan fingerprint density at radius 1 is 1.42 bits per heavy atom. The molecule has 1 aliphatic heterocycles. The summed E-state index contributed by atoms with van der Waals surface area (Å²) in [5.41, 5.74) is 2.76. The first-order valence-electron chi connectivity index (χ1n) is 5.05. The summed E-state index contributed by atoms with van der Waals surface area (Å²) in [6.45, 7) is 5.39. The number of hydrogen-bond donors (Lipinski definition) is 0. The Kier molecular flexibility index (Phi) is 4.06. The Morgan fingerprint density at radius 3 is 2.83 bits per heavy atom. The van der Waals surface area contributed by atoms with E-state index in [0.29, 0.717) is 0 Å². The average Bonchev–Trinajstić information content (AvgIpc) is 2.46. The van der Waals surface area contributed by atoms with Gasteiger partial charge in [0.25, 0.3) is 0 Å². The minimum absolute atomic E-state index is 1.02. The van der Waals surface area contributed by atoms with Crippen molar-refractivity contribution < 1.29 is 0 Å². The predicted molar refractivity (Wildman–Crippen MR) is 54.8 cm³/mol. The molecule has 68 valence electrons. The van der Waals surface area contributed by atoms with Crippen LogP contribution < -0.4 is 0 Å². The monoisotopic (exact) mass is 165 g/mol. The van der Waals surface area contributed by atoms with Crippen molar-refractivity contribution in [1.82, 2.24) is 0 Å². The van der Waals surface area contributed by atoms with Crippen LogP contribution in [0, 0.1) is 0 Å².